The van der Waals surface area contributed by atoms with Crippen molar-refractivity contribution < 1.29 is 8.42 Å². The Balaban J connectivity index is 3.06. The Hall–Kier alpha value is -1.81. The largest absolute Gasteiger partial charge is 0.352 e. The maximum atomic E-state index is 11.6. The normalized spacial score (nSPS) is 12.2. The predicted octanol–water partition coefficient (Wildman–Crippen LogP) is -2.22. The molecule has 0 spiro atoms. The highest BCUT2D eigenvalue weighted by Gasteiger charge is 2.21. The first-order chi connectivity index (χ1) is 7.32. The quantitative estimate of drug-likeness (QED) is 0.605. The zero-order valence-electron chi connectivity index (χ0n) is 8.45. The molecule has 0 radical (unpaired) electrons. The third-order valence-electron chi connectivity index (χ3n) is 2.00. The Labute approximate surface area is 89.6 Å². The van der Waals surface area contributed by atoms with E-state index in [9.17, 15) is 13.2 Å². The average molecular weight is 244 g/mol. The molecule has 0 aromatic carbocycles. The zero-order chi connectivity index (χ0) is 12.1. The van der Waals surface area contributed by atoms with Gasteiger partial charge in [-0.2, -0.15) is 4.68 Å². The first kappa shape index (κ1) is 10.7. The molecule has 2 rings (SSSR count). The van der Waals surface area contributed by atoms with Crippen LogP contribution in [0.15, 0.2) is 9.82 Å². The third kappa shape index (κ3) is 1.39. The van der Waals surface area contributed by atoms with Gasteiger partial charge in [-0.15, -0.1) is 5.10 Å². The van der Waals surface area contributed by atoms with Gasteiger partial charge in [0, 0.05) is 7.05 Å². The Bertz CT molecular complexity index is 727. The van der Waals surface area contributed by atoms with E-state index in [4.69, 9.17) is 5.14 Å². The van der Waals surface area contributed by atoms with Crippen molar-refractivity contribution in [3.63, 3.8) is 0 Å². The number of rotatable bonds is 1. The van der Waals surface area contributed by atoms with E-state index in [-0.39, 0.29) is 11.5 Å². The highest BCUT2D eigenvalue weighted by molar-refractivity contribution is 7.89. The number of sulfonamides is 1. The number of aryl methyl sites for hydroxylation is 2. The van der Waals surface area contributed by atoms with Crippen molar-refractivity contribution in [2.45, 2.75) is 11.9 Å². The summed E-state index contributed by atoms with van der Waals surface area (Å²) in [7, 11) is -2.63. The summed E-state index contributed by atoms with van der Waals surface area (Å²) in [5, 5.41) is 11.5. The topological polar surface area (TPSA) is 125 Å². The number of fused-ring (bicyclic) bond motifs is 1. The van der Waals surface area contributed by atoms with Crippen molar-refractivity contribution in [1.29, 1.82) is 0 Å². The number of hydrogen-bond acceptors (Lipinski definition) is 6. The summed E-state index contributed by atoms with van der Waals surface area (Å²) in [5.41, 5.74) is -0.701. The second-order valence-electron chi connectivity index (χ2n) is 3.16. The van der Waals surface area contributed by atoms with Crippen LogP contribution < -0.4 is 10.8 Å². The summed E-state index contributed by atoms with van der Waals surface area (Å²) in [4.78, 5) is 15.3. The third-order valence-corrected chi connectivity index (χ3v) is 2.81. The molecule has 86 valence electrons. The summed E-state index contributed by atoms with van der Waals surface area (Å²) < 4.78 is 24.4. The molecule has 10 heteroatoms. The van der Waals surface area contributed by atoms with Gasteiger partial charge in [-0.3, -0.25) is 0 Å². The van der Waals surface area contributed by atoms with Gasteiger partial charge in [0.1, 0.15) is 5.82 Å². The lowest BCUT2D eigenvalue weighted by Crippen LogP contribution is -2.28. The Morgan fingerprint density at radius 1 is 1.38 bits per heavy atom. The van der Waals surface area contributed by atoms with Crippen LogP contribution in [0.4, 0.5) is 0 Å². The van der Waals surface area contributed by atoms with E-state index in [0.717, 1.165) is 9.08 Å². The predicted molar refractivity (Wildman–Crippen MR) is 52.1 cm³/mol. The molecular formula is C6H8N6O3S. The molecule has 0 unspecified atom stereocenters. The van der Waals surface area contributed by atoms with Gasteiger partial charge in [-0.1, -0.05) is 5.21 Å². The standard InChI is InChI=1S/C6H8N6O3S/c1-3-8-5(16(7,14)15)4-9-10-11(2)6(13)12(3)4/h1-2H3,(H2,7,14,15). The average Bonchev–Trinajstić information content (AvgIpc) is 2.50. The van der Waals surface area contributed by atoms with Crippen molar-refractivity contribution in [1.82, 2.24) is 24.4 Å². The summed E-state index contributed by atoms with van der Waals surface area (Å²) in [6.07, 6.45) is 0. The van der Waals surface area contributed by atoms with E-state index in [2.05, 4.69) is 15.3 Å². The zero-order valence-corrected chi connectivity index (χ0v) is 9.26. The Morgan fingerprint density at radius 2 is 2.00 bits per heavy atom. The lowest BCUT2D eigenvalue weighted by atomic mass is 10.7. The van der Waals surface area contributed by atoms with Crippen LogP contribution in [0.25, 0.3) is 5.65 Å². The lowest BCUT2D eigenvalue weighted by molar-refractivity contribution is 0.591. The second kappa shape index (κ2) is 3.09. The van der Waals surface area contributed by atoms with Gasteiger partial charge in [0.15, 0.2) is 0 Å². The fourth-order valence-electron chi connectivity index (χ4n) is 1.30. The molecule has 0 aliphatic rings. The van der Waals surface area contributed by atoms with Crippen molar-refractivity contribution in [3.05, 3.63) is 16.3 Å². The molecule has 0 aliphatic heterocycles. The number of primary sulfonamides is 1. The monoisotopic (exact) mass is 244 g/mol. The van der Waals surface area contributed by atoms with Gasteiger partial charge in [0.25, 0.3) is 10.0 Å². The highest BCUT2D eigenvalue weighted by Crippen LogP contribution is 2.10. The van der Waals surface area contributed by atoms with E-state index < -0.39 is 20.7 Å². The van der Waals surface area contributed by atoms with E-state index in [0.29, 0.717) is 0 Å². The van der Waals surface area contributed by atoms with Crippen molar-refractivity contribution in [3.8, 4) is 0 Å². The van der Waals surface area contributed by atoms with Crippen LogP contribution in [0.2, 0.25) is 0 Å². The maximum Gasteiger partial charge on any atom is 0.352 e. The van der Waals surface area contributed by atoms with Crippen molar-refractivity contribution in [2.24, 2.45) is 12.2 Å². The van der Waals surface area contributed by atoms with Crippen LogP contribution >= 0.6 is 0 Å². The van der Waals surface area contributed by atoms with Crippen LogP contribution in [0.3, 0.4) is 0 Å². The first-order valence-corrected chi connectivity index (χ1v) is 5.69. The molecule has 0 amide bonds. The summed E-state index contributed by atoms with van der Waals surface area (Å²) in [6, 6.07) is 0. The molecule has 0 fully saturated rings. The minimum absolute atomic E-state index is 0.164. The molecule has 0 bridgehead atoms. The fourth-order valence-corrected chi connectivity index (χ4v) is 1.94. The number of aromatic nitrogens is 5. The molecule has 0 saturated heterocycles. The molecule has 2 heterocycles. The van der Waals surface area contributed by atoms with E-state index in [1.165, 1.54) is 14.0 Å². The highest BCUT2D eigenvalue weighted by atomic mass is 32.2. The van der Waals surface area contributed by atoms with E-state index in [1.54, 1.807) is 0 Å². The van der Waals surface area contributed by atoms with Crippen LogP contribution in [0.1, 0.15) is 5.82 Å². The van der Waals surface area contributed by atoms with Gasteiger partial charge >= 0.3 is 5.69 Å². The molecular weight excluding hydrogens is 236 g/mol. The van der Waals surface area contributed by atoms with Gasteiger partial charge in [-0.05, 0) is 6.92 Å². The summed E-state index contributed by atoms with van der Waals surface area (Å²) >= 11 is 0. The van der Waals surface area contributed by atoms with Gasteiger partial charge in [-0.25, -0.2) is 27.7 Å². The molecule has 0 atom stereocenters. The molecule has 0 saturated carbocycles. The molecule has 16 heavy (non-hydrogen) atoms. The number of imidazole rings is 1. The van der Waals surface area contributed by atoms with Crippen LogP contribution in [-0.4, -0.2) is 32.8 Å². The maximum absolute atomic E-state index is 11.6. The number of hydrogen-bond donors (Lipinski definition) is 1. The van der Waals surface area contributed by atoms with Crippen LogP contribution in [0.5, 0.6) is 0 Å². The minimum Gasteiger partial charge on any atom is -0.245 e. The Morgan fingerprint density at radius 3 is 2.56 bits per heavy atom. The molecule has 2 aromatic rings. The van der Waals surface area contributed by atoms with Gasteiger partial charge in [0.05, 0.1) is 0 Å². The minimum atomic E-state index is -4.02. The fraction of sp³-hybridized carbons (Fsp3) is 0.333. The lowest BCUT2D eigenvalue weighted by Gasteiger charge is -1.97. The van der Waals surface area contributed by atoms with E-state index in [1.807, 2.05) is 0 Å². The van der Waals surface area contributed by atoms with E-state index >= 15 is 0 Å². The SMILES string of the molecule is Cc1nc(S(N)(=O)=O)c2nnn(C)c(=O)n12. The summed E-state index contributed by atoms with van der Waals surface area (Å²) in [6.45, 7) is 1.48. The van der Waals surface area contributed by atoms with Gasteiger partial charge < -0.3 is 0 Å². The van der Waals surface area contributed by atoms with Crippen LogP contribution in [-0.2, 0) is 17.1 Å². The summed E-state index contributed by atoms with van der Waals surface area (Å²) in [5.74, 6) is 0.189. The van der Waals surface area contributed by atoms with Gasteiger partial charge in [0.2, 0.25) is 10.7 Å². The molecule has 2 aromatic heterocycles. The molecule has 9 nitrogen and oxygen atoms in total. The van der Waals surface area contributed by atoms with Crippen LogP contribution in [0, 0.1) is 6.92 Å². The van der Waals surface area contributed by atoms with Crippen molar-refractivity contribution >= 4 is 15.7 Å². The Kier molecular flexibility index (Phi) is 2.07. The second-order valence-corrected chi connectivity index (χ2v) is 4.64. The molecule has 0 aliphatic carbocycles. The van der Waals surface area contributed by atoms with Crippen molar-refractivity contribution in [2.75, 3.05) is 0 Å². The number of nitrogens with zero attached hydrogens (tertiary/aromatic N) is 5. The number of nitrogens with two attached hydrogens (primary N) is 1. The molecule has 2 N–H and O–H groups in total. The smallest absolute Gasteiger partial charge is 0.245 e. The first-order valence-electron chi connectivity index (χ1n) is 4.14.